The Morgan fingerprint density at radius 2 is 2.12 bits per heavy atom. The van der Waals surface area contributed by atoms with E-state index in [0.29, 0.717) is 0 Å². The predicted octanol–water partition coefficient (Wildman–Crippen LogP) is 2.60. The van der Waals surface area contributed by atoms with Gasteiger partial charge in [0.2, 0.25) is 0 Å². The van der Waals surface area contributed by atoms with Gasteiger partial charge in [0.25, 0.3) is 0 Å². The lowest BCUT2D eigenvalue weighted by atomic mass is 9.70. The molecule has 17 heavy (non-hydrogen) atoms. The molecule has 90 valence electrons. The Morgan fingerprint density at radius 1 is 1.18 bits per heavy atom. The van der Waals surface area contributed by atoms with E-state index in [2.05, 4.69) is 9.89 Å². The predicted molar refractivity (Wildman–Crippen MR) is 69.2 cm³/mol. The van der Waals surface area contributed by atoms with Crippen LogP contribution in [0.5, 0.6) is 0 Å². The third-order valence-corrected chi connectivity index (χ3v) is 4.82. The zero-order valence-electron chi connectivity index (χ0n) is 10.2. The zero-order chi connectivity index (χ0) is 11.2. The topological polar surface area (TPSA) is 28.0 Å². The fraction of sp³-hybridized carbons (Fsp3) is 0.714. The van der Waals surface area contributed by atoms with Crippen molar-refractivity contribution < 1.29 is 0 Å². The number of rotatable bonds is 0. The number of fused-ring (bicyclic) bond motifs is 4. The lowest BCUT2D eigenvalue weighted by Crippen LogP contribution is -2.36. The van der Waals surface area contributed by atoms with Crippen molar-refractivity contribution in [3.05, 3.63) is 11.3 Å². The molecule has 0 bridgehead atoms. The van der Waals surface area contributed by atoms with E-state index in [1.165, 1.54) is 55.6 Å². The van der Waals surface area contributed by atoms with E-state index in [0.717, 1.165) is 24.9 Å². The Morgan fingerprint density at radius 3 is 3.12 bits per heavy atom. The van der Waals surface area contributed by atoms with Gasteiger partial charge in [-0.25, -0.2) is 4.99 Å². The molecule has 0 saturated heterocycles. The third-order valence-electron chi connectivity index (χ3n) is 4.82. The van der Waals surface area contributed by atoms with Crippen LogP contribution in [-0.4, -0.2) is 30.2 Å². The third kappa shape index (κ3) is 1.41. The van der Waals surface area contributed by atoms with Gasteiger partial charge in [0.15, 0.2) is 0 Å². The van der Waals surface area contributed by atoms with Crippen molar-refractivity contribution in [1.29, 1.82) is 0 Å². The lowest BCUT2D eigenvalue weighted by Gasteiger charge is -2.39. The van der Waals surface area contributed by atoms with Crippen molar-refractivity contribution in [3.63, 3.8) is 0 Å². The molecule has 0 amide bonds. The molecule has 0 radical (unpaired) electrons. The minimum absolute atomic E-state index is 0.745. The van der Waals surface area contributed by atoms with Crippen LogP contribution in [0.1, 0.15) is 38.5 Å². The molecule has 4 rings (SSSR count). The largest absolute Gasteiger partial charge is 0.315 e. The smallest absolute Gasteiger partial charge is 0.133 e. The first-order valence-electron chi connectivity index (χ1n) is 7.02. The molecule has 0 aromatic heterocycles. The van der Waals surface area contributed by atoms with Gasteiger partial charge in [-0.3, -0.25) is 4.99 Å². The fourth-order valence-corrected chi connectivity index (χ4v) is 3.97. The van der Waals surface area contributed by atoms with E-state index in [4.69, 9.17) is 4.99 Å². The van der Waals surface area contributed by atoms with E-state index < -0.39 is 0 Å². The molecule has 2 atom stereocenters. The second-order valence-corrected chi connectivity index (χ2v) is 5.70. The monoisotopic (exact) mass is 229 g/mol. The van der Waals surface area contributed by atoms with Crippen molar-refractivity contribution in [2.24, 2.45) is 21.8 Å². The lowest BCUT2D eigenvalue weighted by molar-refractivity contribution is 0.241. The molecule has 1 fully saturated rings. The molecule has 0 N–H and O–H groups in total. The van der Waals surface area contributed by atoms with E-state index >= 15 is 0 Å². The molecule has 4 aliphatic rings. The van der Waals surface area contributed by atoms with Crippen molar-refractivity contribution in [2.75, 3.05) is 13.1 Å². The molecule has 2 heterocycles. The number of aliphatic imine (C=N–C) groups is 2. The van der Waals surface area contributed by atoms with Crippen LogP contribution in [0.4, 0.5) is 0 Å². The Balaban J connectivity index is 1.75. The van der Waals surface area contributed by atoms with Crippen molar-refractivity contribution in [1.82, 2.24) is 4.90 Å². The van der Waals surface area contributed by atoms with Crippen LogP contribution in [0.2, 0.25) is 0 Å². The fourth-order valence-electron chi connectivity index (χ4n) is 3.97. The molecule has 0 aromatic rings. The molecular formula is C14H19N3. The summed E-state index contributed by atoms with van der Waals surface area (Å²) in [5.74, 6) is 2.90. The van der Waals surface area contributed by atoms with Crippen LogP contribution in [0.3, 0.4) is 0 Å². The Hall–Kier alpha value is -1.12. The average molecular weight is 229 g/mol. The van der Waals surface area contributed by atoms with Crippen molar-refractivity contribution in [2.45, 2.75) is 38.5 Å². The van der Waals surface area contributed by atoms with Crippen LogP contribution in [0.15, 0.2) is 21.3 Å². The van der Waals surface area contributed by atoms with Crippen LogP contribution in [0, 0.1) is 11.8 Å². The molecule has 0 unspecified atom stereocenters. The maximum Gasteiger partial charge on any atom is 0.133 e. The number of amidine groups is 1. The highest BCUT2D eigenvalue weighted by molar-refractivity contribution is 6.07. The summed E-state index contributed by atoms with van der Waals surface area (Å²) in [5, 5.41) is 0. The Labute approximate surface area is 102 Å². The van der Waals surface area contributed by atoms with Crippen LogP contribution < -0.4 is 0 Å². The van der Waals surface area contributed by atoms with Gasteiger partial charge in [-0.05, 0) is 31.6 Å². The summed E-state index contributed by atoms with van der Waals surface area (Å²) >= 11 is 0. The average Bonchev–Trinajstić information content (AvgIpc) is 2.86. The molecule has 3 nitrogen and oxygen atoms in total. The van der Waals surface area contributed by atoms with Crippen LogP contribution >= 0.6 is 0 Å². The van der Waals surface area contributed by atoms with E-state index in [9.17, 15) is 0 Å². The van der Waals surface area contributed by atoms with Gasteiger partial charge in [-0.15, -0.1) is 0 Å². The highest BCUT2D eigenvalue weighted by Gasteiger charge is 2.37. The van der Waals surface area contributed by atoms with Crippen molar-refractivity contribution >= 4 is 12.2 Å². The maximum absolute atomic E-state index is 4.78. The summed E-state index contributed by atoms with van der Waals surface area (Å²) in [6.45, 7) is 1.98. The summed E-state index contributed by atoms with van der Waals surface area (Å²) < 4.78 is 0. The van der Waals surface area contributed by atoms with Gasteiger partial charge >= 0.3 is 0 Å². The molecule has 3 heteroatoms. The van der Waals surface area contributed by atoms with Gasteiger partial charge in [0.05, 0.1) is 18.6 Å². The van der Waals surface area contributed by atoms with E-state index in [1.807, 2.05) is 6.34 Å². The molecule has 0 aromatic carbocycles. The minimum Gasteiger partial charge on any atom is -0.315 e. The first kappa shape index (κ1) is 9.86. The van der Waals surface area contributed by atoms with Gasteiger partial charge < -0.3 is 4.90 Å². The summed E-state index contributed by atoms with van der Waals surface area (Å²) in [6, 6.07) is 0. The number of hydrogen-bond acceptors (Lipinski definition) is 3. The van der Waals surface area contributed by atoms with Crippen molar-refractivity contribution in [3.8, 4) is 0 Å². The standard InChI is InChI=1S/C14H19N3/c1-2-4-11-10(3-1)5-6-12-13(11)16-9-17-8-7-15-14(12)17/h9-11H,1-8H2/t10-,11-/m0/s1. The zero-order valence-corrected chi connectivity index (χ0v) is 10.2. The molecule has 0 spiro atoms. The first-order valence-corrected chi connectivity index (χ1v) is 7.02. The summed E-state index contributed by atoms with van der Waals surface area (Å²) in [7, 11) is 0. The summed E-state index contributed by atoms with van der Waals surface area (Å²) in [6.07, 6.45) is 10.2. The van der Waals surface area contributed by atoms with E-state index in [-0.39, 0.29) is 0 Å². The van der Waals surface area contributed by atoms with Gasteiger partial charge in [-0.2, -0.15) is 0 Å². The highest BCUT2D eigenvalue weighted by Crippen LogP contribution is 2.45. The molecule has 2 aliphatic heterocycles. The number of hydrogen-bond donors (Lipinski definition) is 0. The van der Waals surface area contributed by atoms with E-state index in [1.54, 1.807) is 0 Å². The van der Waals surface area contributed by atoms with Gasteiger partial charge in [0.1, 0.15) is 5.84 Å². The number of nitrogens with zero attached hydrogens (tertiary/aromatic N) is 3. The molecular weight excluding hydrogens is 210 g/mol. The number of allylic oxidation sites excluding steroid dienone is 1. The Bertz CT molecular complexity index is 433. The quantitative estimate of drug-likeness (QED) is 0.627. The van der Waals surface area contributed by atoms with Crippen LogP contribution in [0.25, 0.3) is 0 Å². The molecule has 2 aliphatic carbocycles. The first-order chi connectivity index (χ1) is 8.43. The van der Waals surface area contributed by atoms with Gasteiger partial charge in [0, 0.05) is 18.0 Å². The normalized spacial score (nSPS) is 35.3. The second kappa shape index (κ2) is 3.69. The maximum atomic E-state index is 4.78. The highest BCUT2D eigenvalue weighted by atomic mass is 15.3. The van der Waals surface area contributed by atoms with Crippen LogP contribution in [-0.2, 0) is 0 Å². The summed E-state index contributed by atoms with van der Waals surface area (Å²) in [4.78, 5) is 11.7. The Kier molecular flexibility index (Phi) is 2.14. The second-order valence-electron chi connectivity index (χ2n) is 5.70. The summed E-state index contributed by atoms with van der Waals surface area (Å²) in [5.41, 5.74) is 2.88. The SMILES string of the molecule is C1=NC2=C(CC[C@@H]3CCCC[C@H]23)C2=NCCN12. The molecule has 1 saturated carbocycles. The van der Waals surface area contributed by atoms with Gasteiger partial charge in [-0.1, -0.05) is 12.8 Å². The minimum atomic E-state index is 0.745.